The maximum Gasteiger partial charge on any atom is 0.223 e. The lowest BCUT2D eigenvalue weighted by molar-refractivity contribution is 0.392. The molecule has 18 aromatic rings. The molecule has 536 valence electrons. The van der Waals surface area contributed by atoms with Crippen LogP contribution in [0.4, 0.5) is 0 Å². The van der Waals surface area contributed by atoms with Gasteiger partial charge < -0.3 is 22.9 Å². The third-order valence-electron chi connectivity index (χ3n) is 11.8. The molecule has 28 nitrogen and oxygen atoms in total. The van der Waals surface area contributed by atoms with Crippen LogP contribution in [0, 0.1) is 96.9 Å². The molecule has 0 saturated carbocycles. The van der Waals surface area contributed by atoms with Gasteiger partial charge in [-0.05, 0) is 136 Å². The molecule has 0 saturated heterocycles. The van der Waals surface area contributed by atoms with E-state index in [2.05, 4.69) is 165 Å². The van der Waals surface area contributed by atoms with Gasteiger partial charge >= 0.3 is 0 Å². The molecule has 18 rings (SSSR count). The van der Waals surface area contributed by atoms with Crippen molar-refractivity contribution in [1.29, 1.82) is 0 Å². The summed E-state index contributed by atoms with van der Waals surface area (Å²) in [5.41, 5.74) is 14.7. The van der Waals surface area contributed by atoms with Crippen molar-refractivity contribution in [3.63, 3.8) is 0 Å². The van der Waals surface area contributed by atoms with Crippen molar-refractivity contribution in [3.05, 3.63) is 297 Å². The van der Waals surface area contributed by atoms with E-state index in [1.165, 1.54) is 53.3 Å². The highest BCUT2D eigenvalue weighted by Gasteiger charge is 1.96. The molecule has 0 aliphatic carbocycles. The van der Waals surface area contributed by atoms with E-state index in [0.717, 1.165) is 89.3 Å². The van der Waals surface area contributed by atoms with E-state index >= 15 is 0 Å². The topological polar surface area (TPSA) is 368 Å². The van der Waals surface area contributed by atoms with Gasteiger partial charge in [-0.3, -0.25) is 30.0 Å². The molecule has 32 heteroatoms. The van der Waals surface area contributed by atoms with Crippen LogP contribution in [0.15, 0.2) is 236 Å². The van der Waals surface area contributed by atoms with Crippen LogP contribution in [-0.4, -0.2) is 120 Å². The first kappa shape index (κ1) is 82.4. The molecule has 0 unspecified atom stereocenters. The Balaban J connectivity index is 0.000000203. The lowest BCUT2D eigenvalue weighted by Crippen LogP contribution is -1.86. The van der Waals surface area contributed by atoms with Crippen LogP contribution in [0.5, 0.6) is 0 Å². The molecule has 14 heterocycles. The van der Waals surface area contributed by atoms with Crippen LogP contribution >= 0.6 is 45.5 Å². The minimum atomic E-state index is 0.606. The Morgan fingerprint density at radius 1 is 0.423 bits per heavy atom. The van der Waals surface area contributed by atoms with Crippen LogP contribution in [0.3, 0.4) is 0 Å². The van der Waals surface area contributed by atoms with Gasteiger partial charge in [-0.25, -0.2) is 34.9 Å². The lowest BCUT2D eigenvalue weighted by Gasteiger charge is -1.95. The largest absolute Gasteiger partial charge is 0.449 e. The number of fused-ring (bicyclic) bond motifs is 4. The van der Waals surface area contributed by atoms with Crippen molar-refractivity contribution >= 4 is 89.3 Å². The van der Waals surface area contributed by atoms with Crippen LogP contribution in [0.25, 0.3) is 43.7 Å². The summed E-state index contributed by atoms with van der Waals surface area (Å²) < 4.78 is 22.0. The van der Waals surface area contributed by atoms with Crippen molar-refractivity contribution in [3.8, 4) is 0 Å². The summed E-state index contributed by atoms with van der Waals surface area (Å²) in [6.07, 6.45) is 19.5. The summed E-state index contributed by atoms with van der Waals surface area (Å²) in [4.78, 5) is 58.8. The van der Waals surface area contributed by atoms with E-state index in [-0.39, 0.29) is 0 Å². The molecule has 0 aliphatic heterocycles. The van der Waals surface area contributed by atoms with E-state index in [0.29, 0.717) is 17.6 Å². The maximum atomic E-state index is 4.72. The fourth-order valence-electron chi connectivity index (χ4n) is 7.07. The number of oxazole rings is 1. The van der Waals surface area contributed by atoms with Crippen LogP contribution < -0.4 is 0 Å². The van der Waals surface area contributed by atoms with Gasteiger partial charge in [0.05, 0.1) is 50.0 Å². The van der Waals surface area contributed by atoms with Crippen molar-refractivity contribution < 1.29 is 17.9 Å². The highest BCUT2D eigenvalue weighted by molar-refractivity contribution is 7.09. The van der Waals surface area contributed by atoms with Gasteiger partial charge in [0.1, 0.15) is 51.9 Å². The third-order valence-corrected chi connectivity index (χ3v) is 14.4. The monoisotopic (exact) mass is 1470 g/mol. The standard InChI is InChI=1S/2C10H9N.2C9H8N2.C4H6N2.C4H5NO.2C4H5NS.C3H5N3.3C3H4N2O.2C3H4N2S/c1-8-6-9-4-2-3-5-10(9)11-7-8;1-8-6-7-9-4-2-3-5-10(9)11-8;1-7-10-6-8-4-2-3-5-9(8)11-7;1-7-6-10-8-4-2-3-5-9(8)11-7;2*1-4-5-2-3-6-4;1-4-2-6-3-5-4;1-4-5-2-3-6-4;1-3-4-2-5-6-3;1-3-5-4-2-6-3;1-3-4-2-6-5-3;1-3-4-2-5-6-3;1-3-5-4-2-6-3;1-3-4-2-6-5-3/h2*2-7H,1H3;2*2-6H,1H3;2-3H,1H3,(H,5,6);3*2-3H,1H3;2H,1H3,(H,4,5,6);5*2H,1H3. The smallest absolute Gasteiger partial charge is 0.223 e. The molecule has 14 aromatic heterocycles. The lowest BCUT2D eigenvalue weighted by atomic mass is 10.2. The first-order valence-electron chi connectivity index (χ1n) is 31.4. The number of para-hydroxylation sites is 5. The van der Waals surface area contributed by atoms with E-state index in [1.54, 1.807) is 110 Å². The van der Waals surface area contributed by atoms with Crippen LogP contribution in [-0.2, 0) is 0 Å². The number of aromatic nitrogens is 24. The number of nitrogens with zero attached hydrogens (tertiary/aromatic N) is 22. The molecule has 104 heavy (non-hydrogen) atoms. The number of aromatic amines is 2. The van der Waals surface area contributed by atoms with Crippen molar-refractivity contribution in [2.45, 2.75) is 96.9 Å². The molecular formula is C72H80N24O4S4. The van der Waals surface area contributed by atoms with Gasteiger partial charge in [0, 0.05) is 96.3 Å². The number of nitrogens with one attached hydrogen (secondary N) is 2. The zero-order chi connectivity index (χ0) is 74.8. The summed E-state index contributed by atoms with van der Waals surface area (Å²) in [5.74, 6) is 6.11. The van der Waals surface area contributed by atoms with Crippen LogP contribution in [0.1, 0.15) is 79.5 Å². The second-order valence-corrected chi connectivity index (χ2v) is 24.1. The minimum Gasteiger partial charge on any atom is -0.449 e. The Morgan fingerprint density at radius 3 is 1.55 bits per heavy atom. The average molecular weight is 1470 g/mol. The van der Waals surface area contributed by atoms with E-state index < -0.39 is 0 Å². The zero-order valence-corrected chi connectivity index (χ0v) is 63.2. The van der Waals surface area contributed by atoms with Crippen molar-refractivity contribution in [1.82, 2.24) is 120 Å². The Bertz CT molecular complexity index is 4140. The molecule has 2 N–H and O–H groups in total. The summed E-state index contributed by atoms with van der Waals surface area (Å²) in [7, 11) is 0. The Kier molecular flexibility index (Phi) is 39.1. The molecule has 4 aromatic carbocycles. The molecule has 0 spiro atoms. The third kappa shape index (κ3) is 37.2. The van der Waals surface area contributed by atoms with E-state index in [4.69, 9.17) is 4.42 Å². The number of rotatable bonds is 0. The van der Waals surface area contributed by atoms with Crippen molar-refractivity contribution in [2.75, 3.05) is 0 Å². The minimum absolute atomic E-state index is 0.606. The van der Waals surface area contributed by atoms with E-state index in [9.17, 15) is 0 Å². The van der Waals surface area contributed by atoms with E-state index in [1.807, 2.05) is 182 Å². The highest BCUT2D eigenvalue weighted by atomic mass is 32.1. The fourth-order valence-corrected chi connectivity index (χ4v) is 8.84. The normalized spacial score (nSPS) is 9.44. The Hall–Kier alpha value is -12.3. The molecule has 0 radical (unpaired) electrons. The first-order valence-corrected chi connectivity index (χ1v) is 34.9. The molecule has 0 atom stereocenters. The molecule has 0 fully saturated rings. The number of imidazole rings is 1. The maximum absolute atomic E-state index is 4.72. The highest BCUT2D eigenvalue weighted by Crippen LogP contribution is 2.13. The summed E-state index contributed by atoms with van der Waals surface area (Å²) in [6, 6.07) is 38.4. The quantitative estimate of drug-likeness (QED) is 0.142. The number of hydrogen-bond acceptors (Lipinski definition) is 30. The van der Waals surface area contributed by atoms with Gasteiger partial charge in [0.2, 0.25) is 24.6 Å². The molecular weight excluding hydrogens is 1390 g/mol. The number of aryl methyl sites for hydroxylation is 14. The van der Waals surface area contributed by atoms with Crippen molar-refractivity contribution in [2.24, 2.45) is 0 Å². The SMILES string of the molecule is Cc1ccc2ccccc2n1.Cc1cnc2ccccc2c1.Cc1cnc2ccccc2n1.Cc1cscn1.Cc1ncc2ccccc2n1.Cc1ncc[nH]1.Cc1ncco1.Cc1nccs1.Cc1ncn[nH]1.Cc1ncno1.Cc1ncon1.Cc1ncsn1.Cc1nnco1.Cc1nncs1. The number of hydrogen-bond donors (Lipinski definition) is 2. The second-order valence-electron chi connectivity index (χ2n) is 20.6. The zero-order valence-electron chi connectivity index (χ0n) is 59.9. The summed E-state index contributed by atoms with van der Waals surface area (Å²) in [5, 5.41) is 36.8. The Labute approximate surface area is 617 Å². The van der Waals surface area contributed by atoms with Gasteiger partial charge in [0.25, 0.3) is 0 Å². The van der Waals surface area contributed by atoms with Gasteiger partial charge in [-0.15, -0.1) is 54.4 Å². The Morgan fingerprint density at radius 2 is 1.13 bits per heavy atom. The number of pyridine rings is 2. The van der Waals surface area contributed by atoms with Gasteiger partial charge in [-0.1, -0.05) is 83.1 Å². The average Bonchev–Trinajstić information content (AvgIpc) is 1.79. The number of benzene rings is 4. The summed E-state index contributed by atoms with van der Waals surface area (Å²) >= 11 is 6.23. The predicted molar refractivity (Wildman–Crippen MR) is 407 cm³/mol. The number of H-pyrrole nitrogens is 2. The van der Waals surface area contributed by atoms with Gasteiger partial charge in [-0.2, -0.15) is 19.4 Å². The van der Waals surface area contributed by atoms with Crippen LogP contribution in [0.2, 0.25) is 0 Å². The molecule has 0 aliphatic rings. The first-order chi connectivity index (χ1) is 50.4. The van der Waals surface area contributed by atoms with Gasteiger partial charge in [0.15, 0.2) is 18.0 Å². The summed E-state index contributed by atoms with van der Waals surface area (Å²) in [6.45, 7) is 26.5. The molecule has 0 bridgehead atoms. The fraction of sp³-hybridized carbons (Fsp3) is 0.194. The second kappa shape index (κ2) is 49.3. The predicted octanol–water partition coefficient (Wildman–Crippen LogP) is 16.5. The molecule has 0 amide bonds. The number of thiazole rings is 2.